The van der Waals surface area contributed by atoms with Crippen LogP contribution < -0.4 is 16.0 Å². The van der Waals surface area contributed by atoms with E-state index in [9.17, 15) is 0 Å². The van der Waals surface area contributed by atoms with Crippen molar-refractivity contribution in [3.63, 3.8) is 0 Å². The Morgan fingerprint density at radius 3 is 2.85 bits per heavy atom. The van der Waals surface area contributed by atoms with Crippen LogP contribution in [0.15, 0.2) is 40.8 Å². The third-order valence-corrected chi connectivity index (χ3v) is 5.12. The van der Waals surface area contributed by atoms with Crippen molar-refractivity contribution in [1.82, 2.24) is 25.5 Å². The van der Waals surface area contributed by atoms with Crippen LogP contribution in [0.2, 0.25) is 0 Å². The van der Waals surface area contributed by atoms with Crippen molar-refractivity contribution in [2.24, 2.45) is 5.92 Å². The van der Waals surface area contributed by atoms with Crippen molar-refractivity contribution in [2.75, 3.05) is 17.7 Å². The van der Waals surface area contributed by atoms with Crippen LogP contribution in [0.3, 0.4) is 0 Å². The van der Waals surface area contributed by atoms with Crippen LogP contribution >= 0.6 is 15.9 Å². The summed E-state index contributed by atoms with van der Waals surface area (Å²) in [6.07, 6.45) is 8.65. The second-order valence-electron chi connectivity index (χ2n) is 6.78. The predicted molar refractivity (Wildman–Crippen MR) is 106 cm³/mol. The monoisotopic (exact) mass is 415 g/mol. The summed E-state index contributed by atoms with van der Waals surface area (Å²) in [6, 6.07) is 2.02. The summed E-state index contributed by atoms with van der Waals surface area (Å²) in [6.45, 7) is 4.14. The zero-order valence-electron chi connectivity index (χ0n) is 14.6. The highest BCUT2D eigenvalue weighted by molar-refractivity contribution is 9.10. The normalized spacial score (nSPS) is 17.1. The minimum absolute atomic E-state index is 0.498. The van der Waals surface area contributed by atoms with Gasteiger partial charge in [-0.2, -0.15) is 10.1 Å². The molecule has 0 aromatic carbocycles. The Bertz CT molecular complexity index is 849. The van der Waals surface area contributed by atoms with Gasteiger partial charge in [-0.25, -0.2) is 4.98 Å². The largest absolute Gasteiger partial charge is 0.375 e. The maximum absolute atomic E-state index is 4.55. The number of allylic oxidation sites excluding steroid dienone is 2. The Balaban J connectivity index is 1.48. The van der Waals surface area contributed by atoms with Crippen LogP contribution in [0, 0.1) is 5.92 Å². The Hall–Kier alpha value is -2.35. The lowest BCUT2D eigenvalue weighted by molar-refractivity contribution is 0.960. The minimum Gasteiger partial charge on any atom is -0.375 e. The van der Waals surface area contributed by atoms with Gasteiger partial charge in [0.15, 0.2) is 5.82 Å². The molecule has 2 heterocycles. The van der Waals surface area contributed by atoms with Crippen molar-refractivity contribution in [1.29, 1.82) is 0 Å². The van der Waals surface area contributed by atoms with Gasteiger partial charge in [-0.3, -0.25) is 5.10 Å². The van der Waals surface area contributed by atoms with Crippen LogP contribution in [-0.2, 0) is 0 Å². The summed E-state index contributed by atoms with van der Waals surface area (Å²) >= 11 is 3.50. The summed E-state index contributed by atoms with van der Waals surface area (Å²) in [5.41, 5.74) is 2.23. The molecule has 0 atom stereocenters. The number of hydrogen-bond acceptors (Lipinski definition) is 6. The van der Waals surface area contributed by atoms with E-state index in [0.717, 1.165) is 27.4 Å². The topological polar surface area (TPSA) is 90.5 Å². The molecule has 2 fully saturated rings. The highest BCUT2D eigenvalue weighted by atomic mass is 79.9. The summed E-state index contributed by atoms with van der Waals surface area (Å²) in [5.74, 6) is 4.04. The van der Waals surface area contributed by atoms with E-state index in [4.69, 9.17) is 0 Å². The first-order valence-electron chi connectivity index (χ1n) is 8.82. The maximum atomic E-state index is 4.55. The van der Waals surface area contributed by atoms with Crippen LogP contribution in [0.1, 0.15) is 37.3 Å². The Labute approximate surface area is 160 Å². The SMILES string of the molecule is C=C(/C=C(\NC)Nc1nc(Nc2cc(C3CC3)n[nH]2)ncc1Br)C1CC1. The van der Waals surface area contributed by atoms with Crippen molar-refractivity contribution >= 4 is 33.5 Å². The number of nitrogens with one attached hydrogen (secondary N) is 4. The molecule has 0 radical (unpaired) electrons. The molecule has 2 aliphatic rings. The van der Waals surface area contributed by atoms with Gasteiger partial charge in [-0.1, -0.05) is 6.58 Å². The molecule has 0 bridgehead atoms. The smallest absolute Gasteiger partial charge is 0.230 e. The van der Waals surface area contributed by atoms with E-state index in [2.05, 4.69) is 58.6 Å². The number of rotatable bonds is 8. The second kappa shape index (κ2) is 7.11. The van der Waals surface area contributed by atoms with Gasteiger partial charge in [-0.05, 0) is 59.2 Å². The first kappa shape index (κ1) is 17.1. The molecule has 0 unspecified atom stereocenters. The van der Waals surface area contributed by atoms with Crippen molar-refractivity contribution in [2.45, 2.75) is 31.6 Å². The fraction of sp³-hybridized carbons (Fsp3) is 0.389. The molecule has 4 N–H and O–H groups in total. The van der Waals surface area contributed by atoms with E-state index in [-0.39, 0.29) is 0 Å². The van der Waals surface area contributed by atoms with Gasteiger partial charge in [0.05, 0.1) is 10.2 Å². The zero-order valence-corrected chi connectivity index (χ0v) is 16.2. The minimum atomic E-state index is 0.498. The molecule has 2 aromatic heterocycles. The molecule has 2 aliphatic carbocycles. The molecule has 4 rings (SSSR count). The van der Waals surface area contributed by atoms with Gasteiger partial charge in [0.1, 0.15) is 11.6 Å². The number of H-pyrrole nitrogens is 1. The number of aromatic amines is 1. The third kappa shape index (κ3) is 4.07. The molecule has 2 aromatic rings. The lowest BCUT2D eigenvalue weighted by Crippen LogP contribution is -2.16. The number of hydrogen-bond donors (Lipinski definition) is 4. The summed E-state index contributed by atoms with van der Waals surface area (Å²) in [5, 5.41) is 17.0. The Kier molecular flexibility index (Phi) is 4.67. The van der Waals surface area contributed by atoms with Gasteiger partial charge >= 0.3 is 0 Å². The molecule has 8 heteroatoms. The first-order chi connectivity index (χ1) is 12.6. The van der Waals surface area contributed by atoms with Gasteiger partial charge < -0.3 is 16.0 Å². The van der Waals surface area contributed by atoms with Crippen molar-refractivity contribution in [3.05, 3.63) is 46.5 Å². The number of halogens is 1. The van der Waals surface area contributed by atoms with Gasteiger partial charge in [0.25, 0.3) is 0 Å². The zero-order chi connectivity index (χ0) is 18.1. The lowest BCUT2D eigenvalue weighted by atomic mass is 10.2. The van der Waals surface area contributed by atoms with Gasteiger partial charge in [0.2, 0.25) is 5.95 Å². The highest BCUT2D eigenvalue weighted by Gasteiger charge is 2.26. The van der Waals surface area contributed by atoms with Crippen molar-refractivity contribution < 1.29 is 0 Å². The summed E-state index contributed by atoms with van der Waals surface area (Å²) in [7, 11) is 1.87. The van der Waals surface area contributed by atoms with E-state index in [0.29, 0.717) is 23.6 Å². The van der Waals surface area contributed by atoms with Crippen LogP contribution in [-0.4, -0.2) is 27.2 Å². The molecular weight excluding hydrogens is 394 g/mol. The lowest BCUT2D eigenvalue weighted by Gasteiger charge is -2.13. The van der Waals surface area contributed by atoms with E-state index in [1.54, 1.807) is 6.20 Å². The molecular formula is C18H22BrN7. The van der Waals surface area contributed by atoms with Crippen molar-refractivity contribution in [3.8, 4) is 0 Å². The highest BCUT2D eigenvalue weighted by Crippen LogP contribution is 2.39. The third-order valence-electron chi connectivity index (χ3n) is 4.54. The summed E-state index contributed by atoms with van der Waals surface area (Å²) < 4.78 is 0.782. The molecule has 7 nitrogen and oxygen atoms in total. The number of nitrogens with zero attached hydrogens (tertiary/aromatic N) is 3. The average molecular weight is 416 g/mol. The molecule has 0 amide bonds. The van der Waals surface area contributed by atoms with Crippen LogP contribution in [0.25, 0.3) is 0 Å². The quantitative estimate of drug-likeness (QED) is 0.486. The van der Waals surface area contributed by atoms with Crippen LogP contribution in [0.5, 0.6) is 0 Å². The molecule has 26 heavy (non-hydrogen) atoms. The standard InChI is InChI=1S/C18H22BrN7/c1-10(11-3-4-11)7-15(20-2)22-17-13(19)9-21-18(24-17)23-16-8-14(25-26-16)12-5-6-12/h7-9,11-12,20H,1,3-6H2,2H3,(H3,21,22,23,24,25,26)/b15-7+. The maximum Gasteiger partial charge on any atom is 0.230 e. The van der Waals surface area contributed by atoms with Crippen LogP contribution in [0.4, 0.5) is 17.6 Å². The average Bonchev–Trinajstić information content (AvgIpc) is 3.55. The molecule has 136 valence electrons. The van der Waals surface area contributed by atoms with E-state index in [1.165, 1.54) is 25.7 Å². The fourth-order valence-electron chi connectivity index (χ4n) is 2.68. The predicted octanol–water partition coefficient (Wildman–Crippen LogP) is 4.02. The fourth-order valence-corrected chi connectivity index (χ4v) is 2.97. The van der Waals surface area contributed by atoms with E-state index < -0.39 is 0 Å². The van der Waals surface area contributed by atoms with E-state index >= 15 is 0 Å². The first-order valence-corrected chi connectivity index (χ1v) is 9.62. The Morgan fingerprint density at radius 1 is 1.35 bits per heavy atom. The number of aromatic nitrogens is 4. The molecule has 0 spiro atoms. The molecule has 2 saturated carbocycles. The second-order valence-corrected chi connectivity index (χ2v) is 7.63. The molecule has 0 aliphatic heterocycles. The van der Waals surface area contributed by atoms with E-state index in [1.807, 2.05) is 19.2 Å². The van der Waals surface area contributed by atoms with Gasteiger partial charge in [-0.15, -0.1) is 0 Å². The summed E-state index contributed by atoms with van der Waals surface area (Å²) in [4.78, 5) is 8.88. The Morgan fingerprint density at radius 2 is 2.15 bits per heavy atom. The number of anilines is 3. The molecule has 0 saturated heterocycles. The van der Waals surface area contributed by atoms with Gasteiger partial charge in [0, 0.05) is 25.2 Å².